The fourth-order valence-corrected chi connectivity index (χ4v) is 1.92. The molecule has 0 aliphatic rings. The fourth-order valence-electron chi connectivity index (χ4n) is 1.92. The molecule has 0 spiro atoms. The van der Waals surface area contributed by atoms with E-state index >= 15 is 0 Å². The van der Waals surface area contributed by atoms with E-state index in [2.05, 4.69) is 15.6 Å². The van der Waals surface area contributed by atoms with Gasteiger partial charge >= 0.3 is 0 Å². The summed E-state index contributed by atoms with van der Waals surface area (Å²) < 4.78 is 14.9. The maximum Gasteiger partial charge on any atom is 0.246 e. The molecule has 0 radical (unpaired) electrons. The highest BCUT2D eigenvalue weighted by atomic mass is 19.1. The minimum atomic E-state index is -0.468. The summed E-state index contributed by atoms with van der Waals surface area (Å²) in [6.07, 6.45) is 0. The summed E-state index contributed by atoms with van der Waals surface area (Å²) in [7, 11) is 0. The second-order valence-electron chi connectivity index (χ2n) is 4.26. The number of amides is 1. The van der Waals surface area contributed by atoms with E-state index in [1.165, 1.54) is 16.8 Å². The van der Waals surface area contributed by atoms with E-state index < -0.39 is 5.82 Å². The highest BCUT2D eigenvalue weighted by molar-refractivity contribution is 5.91. The van der Waals surface area contributed by atoms with E-state index in [9.17, 15) is 9.18 Å². The lowest BCUT2D eigenvalue weighted by Gasteiger charge is -2.06. The predicted octanol–water partition coefficient (Wildman–Crippen LogP) is 2.21. The molecule has 6 heteroatoms. The average molecular weight is 270 g/mol. The lowest BCUT2D eigenvalue weighted by molar-refractivity contribution is -0.116. The van der Waals surface area contributed by atoms with Crippen LogP contribution in [0.25, 0.3) is 11.0 Å². The van der Waals surface area contributed by atoms with Crippen LogP contribution in [-0.2, 0) is 11.3 Å². The third-order valence-electron chi connectivity index (χ3n) is 2.86. The van der Waals surface area contributed by atoms with E-state index in [4.69, 9.17) is 0 Å². The van der Waals surface area contributed by atoms with Crippen LogP contribution in [0.5, 0.6) is 0 Å². The summed E-state index contributed by atoms with van der Waals surface area (Å²) in [5.41, 5.74) is 1.63. The van der Waals surface area contributed by atoms with Gasteiger partial charge in [-0.15, -0.1) is 5.10 Å². The van der Waals surface area contributed by atoms with E-state index in [1.54, 1.807) is 12.1 Å². The van der Waals surface area contributed by atoms with Crippen molar-refractivity contribution in [3.8, 4) is 0 Å². The number of aromatic nitrogens is 3. The molecule has 100 valence electrons. The van der Waals surface area contributed by atoms with Crippen LogP contribution in [0, 0.1) is 5.82 Å². The van der Waals surface area contributed by atoms with E-state index in [-0.39, 0.29) is 18.1 Å². The summed E-state index contributed by atoms with van der Waals surface area (Å²) in [5, 5.41) is 10.4. The van der Waals surface area contributed by atoms with Crippen LogP contribution in [0.1, 0.15) is 0 Å². The van der Waals surface area contributed by atoms with Gasteiger partial charge in [0, 0.05) is 0 Å². The molecular formula is C14H11FN4O. The molecule has 20 heavy (non-hydrogen) atoms. The Kier molecular flexibility index (Phi) is 3.12. The van der Waals surface area contributed by atoms with E-state index in [0.717, 1.165) is 5.52 Å². The summed E-state index contributed by atoms with van der Waals surface area (Å²) in [6.45, 7) is -0.0190. The van der Waals surface area contributed by atoms with E-state index in [1.807, 2.05) is 24.3 Å². The quantitative estimate of drug-likeness (QED) is 0.793. The maximum absolute atomic E-state index is 13.4. The number of hydrogen-bond donors (Lipinski definition) is 1. The van der Waals surface area contributed by atoms with Gasteiger partial charge in [0.2, 0.25) is 5.91 Å². The number of anilines is 1. The molecule has 3 rings (SSSR count). The Balaban J connectivity index is 1.78. The van der Waals surface area contributed by atoms with E-state index in [0.29, 0.717) is 5.52 Å². The van der Waals surface area contributed by atoms with Crippen LogP contribution in [0.15, 0.2) is 48.5 Å². The van der Waals surface area contributed by atoms with Crippen molar-refractivity contribution in [2.75, 3.05) is 5.32 Å². The first kappa shape index (κ1) is 12.3. The van der Waals surface area contributed by atoms with Gasteiger partial charge in [0.05, 0.1) is 11.2 Å². The van der Waals surface area contributed by atoms with Crippen LogP contribution in [0.3, 0.4) is 0 Å². The van der Waals surface area contributed by atoms with Gasteiger partial charge < -0.3 is 5.32 Å². The molecule has 0 fully saturated rings. The minimum absolute atomic E-state index is 0.0190. The van der Waals surface area contributed by atoms with Gasteiger partial charge in [-0.3, -0.25) is 4.79 Å². The summed E-state index contributed by atoms with van der Waals surface area (Å²) >= 11 is 0. The fraction of sp³-hybridized carbons (Fsp3) is 0.0714. The largest absolute Gasteiger partial charge is 0.322 e. The second kappa shape index (κ2) is 5.08. The number of hydrogen-bond acceptors (Lipinski definition) is 3. The van der Waals surface area contributed by atoms with Gasteiger partial charge in [-0.05, 0) is 24.3 Å². The third-order valence-corrected chi connectivity index (χ3v) is 2.86. The lowest BCUT2D eigenvalue weighted by atomic mass is 10.3. The number of carbonyl (C=O) groups excluding carboxylic acids is 1. The number of nitrogens with zero attached hydrogens (tertiary/aromatic N) is 3. The Morgan fingerprint density at radius 2 is 1.90 bits per heavy atom. The number of halogens is 1. The van der Waals surface area contributed by atoms with Crippen molar-refractivity contribution in [3.05, 3.63) is 54.3 Å². The Labute approximate surface area is 114 Å². The number of fused-ring (bicyclic) bond motifs is 1. The first-order chi connectivity index (χ1) is 9.74. The molecular weight excluding hydrogens is 259 g/mol. The average Bonchev–Trinajstić information content (AvgIpc) is 2.85. The van der Waals surface area contributed by atoms with Crippen LogP contribution < -0.4 is 5.32 Å². The van der Waals surface area contributed by atoms with Crippen molar-refractivity contribution >= 4 is 22.6 Å². The SMILES string of the molecule is O=C(Cn1nnc2ccccc21)Nc1ccccc1F. The number of carbonyl (C=O) groups is 1. The van der Waals surface area contributed by atoms with Crippen molar-refractivity contribution in [1.82, 2.24) is 15.0 Å². The highest BCUT2D eigenvalue weighted by Gasteiger charge is 2.10. The molecule has 0 aliphatic carbocycles. The topological polar surface area (TPSA) is 59.8 Å². The van der Waals surface area contributed by atoms with Crippen molar-refractivity contribution in [1.29, 1.82) is 0 Å². The molecule has 0 saturated heterocycles. The van der Waals surface area contributed by atoms with Crippen molar-refractivity contribution in [3.63, 3.8) is 0 Å². The summed E-state index contributed by atoms with van der Waals surface area (Å²) in [6, 6.07) is 13.4. The Bertz CT molecular complexity index is 768. The molecule has 5 nitrogen and oxygen atoms in total. The molecule has 3 aromatic rings. The molecule has 1 aromatic heterocycles. The number of rotatable bonds is 3. The van der Waals surface area contributed by atoms with Crippen LogP contribution in [0.4, 0.5) is 10.1 Å². The molecule has 0 atom stereocenters. The zero-order valence-electron chi connectivity index (χ0n) is 10.5. The Morgan fingerprint density at radius 3 is 2.75 bits per heavy atom. The zero-order valence-corrected chi connectivity index (χ0v) is 10.5. The van der Waals surface area contributed by atoms with Gasteiger partial charge in [-0.25, -0.2) is 9.07 Å². The molecule has 0 saturated carbocycles. The Morgan fingerprint density at radius 1 is 1.15 bits per heavy atom. The number of nitrogens with one attached hydrogen (secondary N) is 1. The Hall–Kier alpha value is -2.76. The van der Waals surface area contributed by atoms with Crippen LogP contribution >= 0.6 is 0 Å². The lowest BCUT2D eigenvalue weighted by Crippen LogP contribution is -2.20. The molecule has 2 aromatic carbocycles. The number of para-hydroxylation sites is 2. The first-order valence-electron chi connectivity index (χ1n) is 6.06. The van der Waals surface area contributed by atoms with Gasteiger partial charge in [-0.1, -0.05) is 29.5 Å². The molecule has 0 bridgehead atoms. The molecule has 1 heterocycles. The first-order valence-corrected chi connectivity index (χ1v) is 6.06. The minimum Gasteiger partial charge on any atom is -0.322 e. The highest BCUT2D eigenvalue weighted by Crippen LogP contribution is 2.13. The van der Waals surface area contributed by atoms with Crippen molar-refractivity contribution in [2.24, 2.45) is 0 Å². The number of benzene rings is 2. The van der Waals surface area contributed by atoms with Gasteiger partial charge in [-0.2, -0.15) is 0 Å². The monoisotopic (exact) mass is 270 g/mol. The molecule has 1 amide bonds. The van der Waals surface area contributed by atoms with Gasteiger partial charge in [0.1, 0.15) is 17.9 Å². The zero-order chi connectivity index (χ0) is 13.9. The second-order valence-corrected chi connectivity index (χ2v) is 4.26. The standard InChI is InChI=1S/C14H11FN4O/c15-10-5-1-2-6-11(10)16-14(20)9-19-13-8-4-3-7-12(13)17-18-19/h1-8H,9H2,(H,16,20). The third kappa shape index (κ3) is 2.35. The van der Waals surface area contributed by atoms with Crippen molar-refractivity contribution in [2.45, 2.75) is 6.54 Å². The normalized spacial score (nSPS) is 10.7. The summed E-state index contributed by atoms with van der Waals surface area (Å²) in [4.78, 5) is 11.9. The van der Waals surface area contributed by atoms with Gasteiger partial charge in [0.15, 0.2) is 0 Å². The van der Waals surface area contributed by atoms with Crippen LogP contribution in [-0.4, -0.2) is 20.9 Å². The van der Waals surface area contributed by atoms with Gasteiger partial charge in [0.25, 0.3) is 0 Å². The summed E-state index contributed by atoms with van der Waals surface area (Å²) in [5.74, 6) is -0.824. The molecule has 0 unspecified atom stereocenters. The smallest absolute Gasteiger partial charge is 0.246 e. The van der Waals surface area contributed by atoms with Crippen LogP contribution in [0.2, 0.25) is 0 Å². The molecule has 0 aliphatic heterocycles. The maximum atomic E-state index is 13.4. The molecule has 1 N–H and O–H groups in total. The predicted molar refractivity (Wildman–Crippen MR) is 72.6 cm³/mol. The van der Waals surface area contributed by atoms with Crippen molar-refractivity contribution < 1.29 is 9.18 Å².